The number of guanidine groups is 1. The van der Waals surface area contributed by atoms with Crippen molar-refractivity contribution in [3.05, 3.63) is 43.0 Å². The third-order valence-electron chi connectivity index (χ3n) is 4.33. The molecule has 0 saturated carbocycles. The van der Waals surface area contributed by atoms with Crippen molar-refractivity contribution in [2.45, 2.75) is 19.9 Å². The molecular weight excluding hydrogens is 298 g/mol. The Morgan fingerprint density at radius 1 is 1.21 bits per heavy atom. The van der Waals surface area contributed by atoms with E-state index in [1.54, 1.807) is 0 Å². The molecule has 1 unspecified atom stereocenters. The van der Waals surface area contributed by atoms with Crippen LogP contribution in [0, 0.1) is 0 Å². The number of nitrogens with zero attached hydrogens (tertiary/aromatic N) is 3. The van der Waals surface area contributed by atoms with Crippen LogP contribution in [0.4, 0.5) is 5.69 Å². The molecule has 0 bridgehead atoms. The Labute approximate surface area is 146 Å². The normalized spacial score (nSPS) is 17.4. The number of hydrogen-bond donors (Lipinski definition) is 2. The van der Waals surface area contributed by atoms with Gasteiger partial charge in [-0.3, -0.25) is 9.89 Å². The third kappa shape index (κ3) is 5.57. The second kappa shape index (κ2) is 9.98. The van der Waals surface area contributed by atoms with Crippen LogP contribution in [0.15, 0.2) is 48.0 Å². The van der Waals surface area contributed by atoms with E-state index in [2.05, 4.69) is 71.2 Å². The molecule has 5 nitrogen and oxygen atoms in total. The number of rotatable bonds is 7. The molecule has 132 valence electrons. The summed E-state index contributed by atoms with van der Waals surface area (Å²) in [4.78, 5) is 9.68. The molecule has 0 spiro atoms. The minimum atomic E-state index is 0.446. The zero-order chi connectivity index (χ0) is 17.2. The van der Waals surface area contributed by atoms with E-state index in [-0.39, 0.29) is 0 Å². The molecule has 0 amide bonds. The average Bonchev–Trinajstić information content (AvgIpc) is 2.64. The number of anilines is 1. The molecule has 1 saturated heterocycles. The van der Waals surface area contributed by atoms with Crippen LogP contribution in [-0.4, -0.2) is 62.7 Å². The van der Waals surface area contributed by atoms with Gasteiger partial charge < -0.3 is 15.5 Å². The van der Waals surface area contributed by atoms with E-state index in [9.17, 15) is 0 Å². The zero-order valence-electron chi connectivity index (χ0n) is 15.0. The van der Waals surface area contributed by atoms with Crippen molar-refractivity contribution in [1.82, 2.24) is 15.5 Å². The lowest BCUT2D eigenvalue weighted by atomic mass is 10.2. The van der Waals surface area contributed by atoms with E-state index in [1.165, 1.54) is 5.69 Å². The van der Waals surface area contributed by atoms with Crippen LogP contribution in [0.5, 0.6) is 0 Å². The second-order valence-corrected chi connectivity index (χ2v) is 6.10. The predicted octanol–water partition coefficient (Wildman–Crippen LogP) is 1.94. The van der Waals surface area contributed by atoms with Crippen molar-refractivity contribution in [1.29, 1.82) is 0 Å². The Morgan fingerprint density at radius 2 is 1.92 bits per heavy atom. The van der Waals surface area contributed by atoms with Crippen LogP contribution in [-0.2, 0) is 0 Å². The first kappa shape index (κ1) is 18.3. The van der Waals surface area contributed by atoms with Gasteiger partial charge in [-0.25, -0.2) is 0 Å². The number of benzene rings is 1. The summed E-state index contributed by atoms with van der Waals surface area (Å²) in [6, 6.07) is 11.1. The molecule has 1 aliphatic heterocycles. The molecule has 0 aliphatic carbocycles. The van der Waals surface area contributed by atoms with Crippen molar-refractivity contribution in [3.63, 3.8) is 0 Å². The van der Waals surface area contributed by atoms with E-state index in [0.717, 1.165) is 51.8 Å². The first-order chi connectivity index (χ1) is 11.7. The van der Waals surface area contributed by atoms with Gasteiger partial charge in [0.1, 0.15) is 0 Å². The lowest BCUT2D eigenvalue weighted by molar-refractivity contribution is 0.201. The van der Waals surface area contributed by atoms with Crippen molar-refractivity contribution in [3.8, 4) is 0 Å². The predicted molar refractivity (Wildman–Crippen MR) is 104 cm³/mol. The van der Waals surface area contributed by atoms with Gasteiger partial charge in [-0.15, -0.1) is 6.58 Å². The number of piperazine rings is 1. The smallest absolute Gasteiger partial charge is 0.191 e. The van der Waals surface area contributed by atoms with Gasteiger partial charge in [-0.05, 0) is 26.0 Å². The lowest BCUT2D eigenvalue weighted by Gasteiger charge is -2.38. The standard InChI is InChI=1S/C19H31N5/c1-4-11-21-19(20-5-2)22-16-17(3)23-12-14-24(15-13-23)18-9-7-6-8-10-18/h4,6-10,17H,1,5,11-16H2,2-3H3,(H2,20,21,22). The van der Waals surface area contributed by atoms with Gasteiger partial charge in [0.2, 0.25) is 0 Å². The molecule has 2 rings (SSSR count). The maximum Gasteiger partial charge on any atom is 0.191 e. The molecule has 1 heterocycles. The summed E-state index contributed by atoms with van der Waals surface area (Å²) in [6.07, 6.45) is 1.85. The van der Waals surface area contributed by atoms with E-state index >= 15 is 0 Å². The Kier molecular flexibility index (Phi) is 7.62. The SMILES string of the molecule is C=CCNC(=NCC(C)N1CCN(c2ccccc2)CC1)NCC. The summed E-state index contributed by atoms with van der Waals surface area (Å²) >= 11 is 0. The van der Waals surface area contributed by atoms with Gasteiger partial charge in [-0.2, -0.15) is 0 Å². The number of para-hydroxylation sites is 1. The molecule has 1 aromatic rings. The number of hydrogen-bond acceptors (Lipinski definition) is 3. The first-order valence-corrected chi connectivity index (χ1v) is 8.91. The van der Waals surface area contributed by atoms with Gasteiger partial charge in [-0.1, -0.05) is 24.3 Å². The Balaban J connectivity index is 1.81. The van der Waals surface area contributed by atoms with Gasteiger partial charge >= 0.3 is 0 Å². The summed E-state index contributed by atoms with van der Waals surface area (Å²) in [6.45, 7) is 14.8. The molecule has 1 fully saturated rings. The van der Waals surface area contributed by atoms with Crippen molar-refractivity contribution < 1.29 is 0 Å². The molecule has 0 radical (unpaired) electrons. The highest BCUT2D eigenvalue weighted by molar-refractivity contribution is 5.79. The Bertz CT molecular complexity index is 506. The molecule has 24 heavy (non-hydrogen) atoms. The zero-order valence-corrected chi connectivity index (χ0v) is 15.0. The number of nitrogens with one attached hydrogen (secondary N) is 2. The highest BCUT2D eigenvalue weighted by Crippen LogP contribution is 2.16. The van der Waals surface area contributed by atoms with Crippen molar-refractivity contribution >= 4 is 11.6 Å². The molecule has 1 aromatic carbocycles. The summed E-state index contributed by atoms with van der Waals surface area (Å²) in [5.41, 5.74) is 1.32. The topological polar surface area (TPSA) is 42.9 Å². The minimum Gasteiger partial charge on any atom is -0.369 e. The van der Waals surface area contributed by atoms with Crippen LogP contribution >= 0.6 is 0 Å². The number of aliphatic imine (C=N–C) groups is 1. The highest BCUT2D eigenvalue weighted by atomic mass is 15.3. The fraction of sp³-hybridized carbons (Fsp3) is 0.526. The van der Waals surface area contributed by atoms with Crippen LogP contribution < -0.4 is 15.5 Å². The van der Waals surface area contributed by atoms with Crippen LogP contribution in [0.25, 0.3) is 0 Å². The van der Waals surface area contributed by atoms with Crippen molar-refractivity contribution in [2.24, 2.45) is 4.99 Å². The minimum absolute atomic E-state index is 0.446. The molecule has 1 atom stereocenters. The van der Waals surface area contributed by atoms with Crippen LogP contribution in [0.1, 0.15) is 13.8 Å². The van der Waals surface area contributed by atoms with E-state index in [0.29, 0.717) is 6.04 Å². The first-order valence-electron chi connectivity index (χ1n) is 8.91. The Hall–Kier alpha value is -2.01. The monoisotopic (exact) mass is 329 g/mol. The quantitative estimate of drug-likeness (QED) is 0.456. The van der Waals surface area contributed by atoms with E-state index in [1.807, 2.05) is 6.08 Å². The largest absolute Gasteiger partial charge is 0.369 e. The van der Waals surface area contributed by atoms with E-state index in [4.69, 9.17) is 4.99 Å². The van der Waals surface area contributed by atoms with Crippen molar-refractivity contribution in [2.75, 3.05) is 50.7 Å². The molecule has 2 N–H and O–H groups in total. The summed E-state index contributed by atoms with van der Waals surface area (Å²) in [5.74, 6) is 0.868. The summed E-state index contributed by atoms with van der Waals surface area (Å²) < 4.78 is 0. The second-order valence-electron chi connectivity index (χ2n) is 6.10. The average molecular weight is 329 g/mol. The maximum absolute atomic E-state index is 4.69. The van der Waals surface area contributed by atoms with Gasteiger partial charge in [0, 0.05) is 51.0 Å². The summed E-state index contributed by atoms with van der Waals surface area (Å²) in [5, 5.41) is 6.52. The Morgan fingerprint density at radius 3 is 2.54 bits per heavy atom. The van der Waals surface area contributed by atoms with Gasteiger partial charge in [0.05, 0.1) is 6.54 Å². The van der Waals surface area contributed by atoms with Gasteiger partial charge in [0.25, 0.3) is 0 Å². The summed E-state index contributed by atoms with van der Waals surface area (Å²) in [7, 11) is 0. The fourth-order valence-corrected chi connectivity index (χ4v) is 2.91. The third-order valence-corrected chi connectivity index (χ3v) is 4.33. The molecular formula is C19H31N5. The fourth-order valence-electron chi connectivity index (χ4n) is 2.91. The molecule has 5 heteroatoms. The highest BCUT2D eigenvalue weighted by Gasteiger charge is 2.21. The molecule has 0 aromatic heterocycles. The van der Waals surface area contributed by atoms with Crippen LogP contribution in [0.2, 0.25) is 0 Å². The van der Waals surface area contributed by atoms with E-state index < -0.39 is 0 Å². The van der Waals surface area contributed by atoms with Gasteiger partial charge in [0.15, 0.2) is 5.96 Å². The molecule has 1 aliphatic rings. The maximum atomic E-state index is 4.69. The lowest BCUT2D eigenvalue weighted by Crippen LogP contribution is -2.50. The van der Waals surface area contributed by atoms with Crippen LogP contribution in [0.3, 0.4) is 0 Å².